The summed E-state index contributed by atoms with van der Waals surface area (Å²) < 4.78 is 4.98. The Hall–Kier alpha value is -1.10. The van der Waals surface area contributed by atoms with Gasteiger partial charge >= 0.3 is 5.97 Å². The molecule has 0 bridgehead atoms. The molecule has 1 fully saturated rings. The molecule has 0 spiro atoms. The van der Waals surface area contributed by atoms with Gasteiger partial charge in [0.05, 0.1) is 12.5 Å². The molecule has 5 heteroatoms. The van der Waals surface area contributed by atoms with Crippen LogP contribution in [0.5, 0.6) is 0 Å². The number of hydrogen-bond acceptors (Lipinski definition) is 4. The van der Waals surface area contributed by atoms with Crippen LogP contribution in [0.25, 0.3) is 0 Å². The molecular formula is C12H22N2O3. The van der Waals surface area contributed by atoms with Crippen LogP contribution in [-0.2, 0) is 14.3 Å². The number of carbonyl (C=O) groups is 2. The Kier molecular flexibility index (Phi) is 5.41. The van der Waals surface area contributed by atoms with Gasteiger partial charge in [-0.2, -0.15) is 0 Å². The van der Waals surface area contributed by atoms with E-state index < -0.39 is 0 Å². The Bertz CT molecular complexity index is 273. The molecule has 98 valence electrons. The number of amides is 1. The van der Waals surface area contributed by atoms with Gasteiger partial charge in [-0.1, -0.05) is 6.92 Å². The molecule has 2 N–H and O–H groups in total. The van der Waals surface area contributed by atoms with Gasteiger partial charge in [0.15, 0.2) is 0 Å². The van der Waals surface area contributed by atoms with E-state index >= 15 is 0 Å². The molecule has 0 radical (unpaired) electrons. The van der Waals surface area contributed by atoms with Crippen LogP contribution in [0.4, 0.5) is 0 Å². The zero-order valence-corrected chi connectivity index (χ0v) is 10.6. The number of nitrogens with zero attached hydrogens (tertiary/aromatic N) is 1. The molecule has 1 unspecified atom stereocenters. The third-order valence-electron chi connectivity index (χ3n) is 3.20. The second-order valence-corrected chi connectivity index (χ2v) is 4.49. The Morgan fingerprint density at radius 2 is 2.00 bits per heavy atom. The van der Waals surface area contributed by atoms with Gasteiger partial charge in [0.2, 0.25) is 5.91 Å². The number of rotatable bonds is 4. The zero-order valence-electron chi connectivity index (χ0n) is 10.6. The normalized spacial score (nSPS) is 18.9. The van der Waals surface area contributed by atoms with Gasteiger partial charge in [-0.15, -0.1) is 0 Å². The summed E-state index contributed by atoms with van der Waals surface area (Å²) in [6.07, 6.45) is 1.39. The van der Waals surface area contributed by atoms with Crippen molar-refractivity contribution in [1.29, 1.82) is 0 Å². The maximum absolute atomic E-state index is 11.9. The second kappa shape index (κ2) is 6.59. The summed E-state index contributed by atoms with van der Waals surface area (Å²) in [5, 5.41) is 0. The standard InChI is InChI=1S/C12H22N2O3/c1-3-17-12(16)10-4-6-14(7-5-10)11(15)9(2)8-13/h9-10H,3-8,13H2,1-2H3. The summed E-state index contributed by atoms with van der Waals surface area (Å²) in [6.45, 7) is 5.69. The van der Waals surface area contributed by atoms with Crippen LogP contribution in [0.15, 0.2) is 0 Å². The SMILES string of the molecule is CCOC(=O)C1CCN(C(=O)C(C)CN)CC1. The van der Waals surface area contributed by atoms with E-state index in [9.17, 15) is 9.59 Å². The van der Waals surface area contributed by atoms with Crippen molar-refractivity contribution < 1.29 is 14.3 Å². The summed E-state index contributed by atoms with van der Waals surface area (Å²) in [5.41, 5.74) is 5.47. The van der Waals surface area contributed by atoms with Crippen LogP contribution in [0.3, 0.4) is 0 Å². The first kappa shape index (κ1) is 14.0. The Labute approximate surface area is 102 Å². The lowest BCUT2D eigenvalue weighted by atomic mass is 9.96. The van der Waals surface area contributed by atoms with E-state index in [1.165, 1.54) is 0 Å². The first-order valence-corrected chi connectivity index (χ1v) is 6.25. The van der Waals surface area contributed by atoms with Crippen LogP contribution < -0.4 is 5.73 Å². The number of hydrogen-bond donors (Lipinski definition) is 1. The highest BCUT2D eigenvalue weighted by Crippen LogP contribution is 2.19. The minimum Gasteiger partial charge on any atom is -0.466 e. The zero-order chi connectivity index (χ0) is 12.8. The topological polar surface area (TPSA) is 72.6 Å². The van der Waals surface area contributed by atoms with Crippen LogP contribution in [0.1, 0.15) is 26.7 Å². The Morgan fingerprint density at radius 1 is 1.41 bits per heavy atom. The fraction of sp³-hybridized carbons (Fsp3) is 0.833. The van der Waals surface area contributed by atoms with Crippen molar-refractivity contribution in [3.8, 4) is 0 Å². The minimum atomic E-state index is -0.133. The second-order valence-electron chi connectivity index (χ2n) is 4.49. The van der Waals surface area contributed by atoms with Crippen molar-refractivity contribution in [2.24, 2.45) is 17.6 Å². The summed E-state index contributed by atoms with van der Waals surface area (Å²) in [4.78, 5) is 25.2. The number of nitrogens with two attached hydrogens (primary N) is 1. The first-order valence-electron chi connectivity index (χ1n) is 6.25. The lowest BCUT2D eigenvalue weighted by Gasteiger charge is -2.32. The molecule has 1 aliphatic rings. The molecule has 0 aromatic heterocycles. The van der Waals surface area contributed by atoms with Crippen molar-refractivity contribution in [2.45, 2.75) is 26.7 Å². The molecule has 1 atom stereocenters. The maximum Gasteiger partial charge on any atom is 0.309 e. The van der Waals surface area contributed by atoms with Crippen molar-refractivity contribution in [3.05, 3.63) is 0 Å². The molecule has 1 heterocycles. The quantitative estimate of drug-likeness (QED) is 0.723. The van der Waals surface area contributed by atoms with E-state index in [0.29, 0.717) is 39.1 Å². The largest absolute Gasteiger partial charge is 0.466 e. The summed E-state index contributed by atoms with van der Waals surface area (Å²) in [5.74, 6) is -0.220. The predicted octanol–water partition coefficient (Wildman–Crippen LogP) is 0.383. The van der Waals surface area contributed by atoms with Gasteiger partial charge in [0.1, 0.15) is 0 Å². The molecule has 0 aromatic rings. The molecule has 17 heavy (non-hydrogen) atoms. The monoisotopic (exact) mass is 242 g/mol. The van der Waals surface area contributed by atoms with Gasteiger partial charge in [-0.25, -0.2) is 0 Å². The van der Waals surface area contributed by atoms with Crippen LogP contribution >= 0.6 is 0 Å². The van der Waals surface area contributed by atoms with Crippen molar-refractivity contribution in [3.63, 3.8) is 0 Å². The number of piperidine rings is 1. The minimum absolute atomic E-state index is 0.0489. The number of carbonyl (C=O) groups excluding carboxylic acids is 2. The average Bonchev–Trinajstić information content (AvgIpc) is 2.37. The highest BCUT2D eigenvalue weighted by atomic mass is 16.5. The molecular weight excluding hydrogens is 220 g/mol. The molecule has 1 amide bonds. The van der Waals surface area contributed by atoms with Crippen LogP contribution in [0.2, 0.25) is 0 Å². The first-order chi connectivity index (χ1) is 8.10. The van der Waals surface area contributed by atoms with E-state index in [-0.39, 0.29) is 23.7 Å². The molecule has 5 nitrogen and oxygen atoms in total. The van der Waals surface area contributed by atoms with Crippen molar-refractivity contribution in [1.82, 2.24) is 4.90 Å². The summed E-state index contributed by atoms with van der Waals surface area (Å²) in [6, 6.07) is 0. The van der Waals surface area contributed by atoms with Crippen molar-refractivity contribution >= 4 is 11.9 Å². The van der Waals surface area contributed by atoms with Crippen molar-refractivity contribution in [2.75, 3.05) is 26.2 Å². The van der Waals surface area contributed by atoms with E-state index in [4.69, 9.17) is 10.5 Å². The fourth-order valence-electron chi connectivity index (χ4n) is 2.01. The van der Waals surface area contributed by atoms with Gasteiger partial charge in [0, 0.05) is 25.6 Å². The molecule has 0 aliphatic carbocycles. The summed E-state index contributed by atoms with van der Waals surface area (Å²) in [7, 11) is 0. The van der Waals surface area contributed by atoms with Crippen LogP contribution in [-0.4, -0.2) is 43.0 Å². The predicted molar refractivity (Wildman–Crippen MR) is 64.2 cm³/mol. The third kappa shape index (κ3) is 3.70. The fourth-order valence-corrected chi connectivity index (χ4v) is 2.01. The average molecular weight is 242 g/mol. The highest BCUT2D eigenvalue weighted by molar-refractivity contribution is 5.79. The van der Waals surface area contributed by atoms with E-state index in [0.717, 1.165) is 0 Å². The molecule has 1 saturated heterocycles. The lowest BCUT2D eigenvalue weighted by molar-refractivity contribution is -0.151. The number of likely N-dealkylation sites (tertiary alicyclic amines) is 1. The molecule has 0 saturated carbocycles. The Balaban J connectivity index is 2.40. The van der Waals surface area contributed by atoms with Gasteiger partial charge < -0.3 is 15.4 Å². The van der Waals surface area contributed by atoms with Gasteiger partial charge in [0.25, 0.3) is 0 Å². The van der Waals surface area contributed by atoms with Gasteiger partial charge in [-0.3, -0.25) is 9.59 Å². The van der Waals surface area contributed by atoms with E-state index in [2.05, 4.69) is 0 Å². The highest BCUT2D eigenvalue weighted by Gasteiger charge is 2.29. The Morgan fingerprint density at radius 3 is 2.47 bits per heavy atom. The number of ether oxygens (including phenoxy) is 1. The molecule has 0 aromatic carbocycles. The maximum atomic E-state index is 11.9. The van der Waals surface area contributed by atoms with E-state index in [1.807, 2.05) is 6.92 Å². The third-order valence-corrected chi connectivity index (χ3v) is 3.20. The summed E-state index contributed by atoms with van der Waals surface area (Å²) >= 11 is 0. The lowest BCUT2D eigenvalue weighted by Crippen LogP contribution is -2.44. The molecule has 1 aliphatic heterocycles. The van der Waals surface area contributed by atoms with E-state index in [1.54, 1.807) is 11.8 Å². The molecule has 1 rings (SSSR count). The van der Waals surface area contributed by atoms with Crippen LogP contribution in [0, 0.1) is 11.8 Å². The number of esters is 1. The smallest absolute Gasteiger partial charge is 0.309 e. The van der Waals surface area contributed by atoms with Gasteiger partial charge in [-0.05, 0) is 19.8 Å².